The highest BCUT2D eigenvalue weighted by Gasteiger charge is 2.27. The van der Waals surface area contributed by atoms with E-state index in [9.17, 15) is 4.79 Å². The van der Waals surface area contributed by atoms with E-state index >= 15 is 0 Å². The van der Waals surface area contributed by atoms with Gasteiger partial charge in [-0.3, -0.25) is 14.7 Å². The van der Waals surface area contributed by atoms with Crippen molar-refractivity contribution in [1.29, 1.82) is 0 Å². The average Bonchev–Trinajstić information content (AvgIpc) is 3.17. The molecular weight excluding hydrogens is 362 g/mol. The molecule has 0 unspecified atom stereocenters. The van der Waals surface area contributed by atoms with Crippen molar-refractivity contribution in [2.45, 2.75) is 39.3 Å². The minimum absolute atomic E-state index is 0.0532. The number of anilines is 1. The summed E-state index contributed by atoms with van der Waals surface area (Å²) in [6.45, 7) is 5.48. The molecule has 1 N–H and O–H groups in total. The largest absolute Gasteiger partial charge is 0.326 e. The van der Waals surface area contributed by atoms with E-state index in [1.54, 1.807) is 6.33 Å². The van der Waals surface area contributed by atoms with Gasteiger partial charge in [0.15, 0.2) is 0 Å². The lowest BCUT2D eigenvalue weighted by Crippen LogP contribution is -2.23. The van der Waals surface area contributed by atoms with Gasteiger partial charge in [-0.05, 0) is 61.7 Å². The fourth-order valence-corrected chi connectivity index (χ4v) is 3.96. The summed E-state index contributed by atoms with van der Waals surface area (Å²) in [4.78, 5) is 26.8. The average molecular weight is 387 g/mol. The lowest BCUT2D eigenvalue weighted by molar-refractivity contribution is -0.114. The third-order valence-corrected chi connectivity index (χ3v) is 5.23. The molecule has 1 aliphatic rings. The van der Waals surface area contributed by atoms with Gasteiger partial charge < -0.3 is 5.32 Å². The summed E-state index contributed by atoms with van der Waals surface area (Å²) in [5.74, 6) is -0.0532. The van der Waals surface area contributed by atoms with Gasteiger partial charge in [0, 0.05) is 42.8 Å². The Morgan fingerprint density at radius 2 is 1.90 bits per heavy atom. The van der Waals surface area contributed by atoms with Crippen LogP contribution in [0.15, 0.2) is 55.1 Å². The van der Waals surface area contributed by atoms with Crippen molar-refractivity contribution in [1.82, 2.24) is 19.9 Å². The summed E-state index contributed by atoms with van der Waals surface area (Å²) in [7, 11) is 0. The zero-order valence-electron chi connectivity index (χ0n) is 16.8. The van der Waals surface area contributed by atoms with E-state index in [1.165, 1.54) is 12.5 Å². The molecule has 3 heterocycles. The van der Waals surface area contributed by atoms with E-state index < -0.39 is 0 Å². The maximum Gasteiger partial charge on any atom is 0.221 e. The van der Waals surface area contributed by atoms with Crippen LogP contribution in [0.2, 0.25) is 0 Å². The maximum atomic E-state index is 11.2. The summed E-state index contributed by atoms with van der Waals surface area (Å²) in [6.07, 6.45) is 7.50. The number of nitrogens with zero attached hydrogens (tertiary/aromatic N) is 4. The summed E-state index contributed by atoms with van der Waals surface area (Å²) in [5.41, 5.74) is 6.30. The van der Waals surface area contributed by atoms with E-state index in [4.69, 9.17) is 4.98 Å². The van der Waals surface area contributed by atoms with Gasteiger partial charge in [-0.2, -0.15) is 0 Å². The van der Waals surface area contributed by atoms with Crippen molar-refractivity contribution in [2.75, 3.05) is 11.9 Å². The maximum absolute atomic E-state index is 11.2. The molecule has 29 heavy (non-hydrogen) atoms. The van der Waals surface area contributed by atoms with Crippen LogP contribution in [-0.2, 0) is 11.3 Å². The number of hydrogen-bond acceptors (Lipinski definition) is 5. The number of amides is 1. The monoisotopic (exact) mass is 387 g/mol. The van der Waals surface area contributed by atoms with Crippen molar-refractivity contribution in [3.8, 4) is 11.1 Å². The first-order valence-corrected chi connectivity index (χ1v) is 9.93. The molecule has 1 aliphatic heterocycles. The SMILES string of the molecule is CC(=O)Nc1ccc(CN2CCC[C@@H]2c2cc(-c3cncnc3)cc(C)n2)cc1. The van der Waals surface area contributed by atoms with Crippen LogP contribution in [-0.4, -0.2) is 32.3 Å². The molecule has 6 heteroatoms. The molecule has 3 aromatic rings. The predicted molar refractivity (Wildman–Crippen MR) is 113 cm³/mol. The van der Waals surface area contributed by atoms with Crippen LogP contribution in [0.5, 0.6) is 0 Å². The number of likely N-dealkylation sites (tertiary alicyclic amines) is 1. The molecule has 0 aliphatic carbocycles. The minimum atomic E-state index is -0.0532. The zero-order chi connectivity index (χ0) is 20.2. The van der Waals surface area contributed by atoms with Crippen LogP contribution in [0.25, 0.3) is 11.1 Å². The molecule has 1 saturated heterocycles. The summed E-state index contributed by atoms with van der Waals surface area (Å²) in [5, 5.41) is 2.82. The highest BCUT2D eigenvalue weighted by atomic mass is 16.1. The fourth-order valence-electron chi connectivity index (χ4n) is 3.96. The Labute approximate surface area is 171 Å². The number of hydrogen-bond donors (Lipinski definition) is 1. The van der Waals surface area contributed by atoms with E-state index in [2.05, 4.69) is 44.5 Å². The normalized spacial score (nSPS) is 16.7. The van der Waals surface area contributed by atoms with Crippen LogP contribution in [0.4, 0.5) is 5.69 Å². The number of nitrogens with one attached hydrogen (secondary N) is 1. The molecule has 0 spiro atoms. The van der Waals surface area contributed by atoms with Gasteiger partial charge in [-0.1, -0.05) is 12.1 Å². The van der Waals surface area contributed by atoms with Gasteiger partial charge in [0.25, 0.3) is 0 Å². The van der Waals surface area contributed by atoms with Crippen molar-refractivity contribution in [3.05, 3.63) is 72.1 Å². The number of pyridine rings is 1. The Hall–Kier alpha value is -3.12. The number of aromatic nitrogens is 3. The molecule has 148 valence electrons. The van der Waals surface area contributed by atoms with Gasteiger partial charge >= 0.3 is 0 Å². The molecule has 0 bridgehead atoms. The summed E-state index contributed by atoms with van der Waals surface area (Å²) >= 11 is 0. The van der Waals surface area contributed by atoms with E-state index in [0.29, 0.717) is 6.04 Å². The molecule has 1 fully saturated rings. The molecule has 1 aromatic carbocycles. The Morgan fingerprint density at radius 1 is 1.14 bits per heavy atom. The second-order valence-corrected chi connectivity index (χ2v) is 7.56. The topological polar surface area (TPSA) is 71.0 Å². The number of carbonyl (C=O) groups is 1. The number of rotatable bonds is 5. The van der Waals surface area contributed by atoms with Crippen molar-refractivity contribution in [2.24, 2.45) is 0 Å². The Morgan fingerprint density at radius 3 is 2.62 bits per heavy atom. The third-order valence-electron chi connectivity index (χ3n) is 5.23. The number of aryl methyl sites for hydroxylation is 1. The molecule has 0 radical (unpaired) electrons. The molecule has 4 rings (SSSR count). The second kappa shape index (κ2) is 8.49. The van der Waals surface area contributed by atoms with Gasteiger partial charge in [0.05, 0.1) is 11.7 Å². The lowest BCUT2D eigenvalue weighted by Gasteiger charge is -2.25. The van der Waals surface area contributed by atoms with E-state index in [-0.39, 0.29) is 5.91 Å². The Kier molecular flexibility index (Phi) is 5.62. The molecule has 1 atom stereocenters. The molecule has 1 amide bonds. The van der Waals surface area contributed by atoms with Crippen LogP contribution in [0, 0.1) is 6.92 Å². The van der Waals surface area contributed by atoms with Gasteiger partial charge in [0.2, 0.25) is 5.91 Å². The molecule has 0 saturated carbocycles. The number of benzene rings is 1. The van der Waals surface area contributed by atoms with E-state index in [0.717, 1.165) is 54.1 Å². The fraction of sp³-hybridized carbons (Fsp3) is 0.304. The second-order valence-electron chi connectivity index (χ2n) is 7.56. The third kappa shape index (κ3) is 4.66. The first kappa shape index (κ1) is 19.2. The Balaban J connectivity index is 1.54. The zero-order valence-corrected chi connectivity index (χ0v) is 16.8. The van der Waals surface area contributed by atoms with Crippen LogP contribution < -0.4 is 5.32 Å². The first-order valence-electron chi connectivity index (χ1n) is 9.93. The van der Waals surface area contributed by atoms with Gasteiger partial charge in [-0.25, -0.2) is 9.97 Å². The van der Waals surface area contributed by atoms with Crippen molar-refractivity contribution in [3.63, 3.8) is 0 Å². The van der Waals surface area contributed by atoms with Crippen LogP contribution in [0.1, 0.15) is 42.8 Å². The van der Waals surface area contributed by atoms with Gasteiger partial charge in [-0.15, -0.1) is 0 Å². The van der Waals surface area contributed by atoms with Crippen LogP contribution in [0.3, 0.4) is 0 Å². The molecule has 2 aromatic heterocycles. The highest BCUT2D eigenvalue weighted by molar-refractivity contribution is 5.88. The van der Waals surface area contributed by atoms with Crippen LogP contribution >= 0.6 is 0 Å². The van der Waals surface area contributed by atoms with Crippen molar-refractivity contribution < 1.29 is 4.79 Å². The quantitative estimate of drug-likeness (QED) is 0.712. The van der Waals surface area contributed by atoms with Crippen molar-refractivity contribution >= 4 is 11.6 Å². The Bertz CT molecular complexity index is 988. The minimum Gasteiger partial charge on any atom is -0.326 e. The summed E-state index contributed by atoms with van der Waals surface area (Å²) < 4.78 is 0. The number of carbonyl (C=O) groups excluding carboxylic acids is 1. The predicted octanol–water partition coefficient (Wildman–Crippen LogP) is 4.14. The highest BCUT2D eigenvalue weighted by Crippen LogP contribution is 2.34. The lowest BCUT2D eigenvalue weighted by atomic mass is 10.0. The molecule has 6 nitrogen and oxygen atoms in total. The smallest absolute Gasteiger partial charge is 0.221 e. The summed E-state index contributed by atoms with van der Waals surface area (Å²) in [6, 6.07) is 12.6. The van der Waals surface area contributed by atoms with E-state index in [1.807, 2.05) is 31.5 Å². The van der Waals surface area contributed by atoms with Gasteiger partial charge in [0.1, 0.15) is 6.33 Å². The molecular formula is C23H25N5O. The standard InChI is InChI=1S/C23H25N5O/c1-16-10-19(20-12-24-15-25-13-20)11-22(26-16)23-4-3-9-28(23)14-18-5-7-21(8-6-18)27-17(2)29/h5-8,10-13,15,23H,3-4,9,14H2,1-2H3,(H,27,29)/t23-/m1/s1. The first-order chi connectivity index (χ1) is 14.1.